The molecule has 2 aromatic rings. The molecule has 0 saturated heterocycles. The lowest BCUT2D eigenvalue weighted by atomic mass is 9.81. The van der Waals surface area contributed by atoms with Crippen LogP contribution in [-0.4, -0.2) is 11.8 Å². The number of anilines is 1. The van der Waals surface area contributed by atoms with E-state index in [1.807, 2.05) is 0 Å². The number of carbonyl (C=O) groups excluding carboxylic acids is 2. The number of halogens is 2. The lowest BCUT2D eigenvalue weighted by Gasteiger charge is -2.27. The summed E-state index contributed by atoms with van der Waals surface area (Å²) in [6.07, 6.45) is 2.73. The van der Waals surface area contributed by atoms with Crippen LogP contribution in [0.5, 0.6) is 0 Å². The van der Waals surface area contributed by atoms with Crippen molar-refractivity contribution in [2.45, 2.75) is 32.2 Å². The highest BCUT2D eigenvalue weighted by Gasteiger charge is 2.29. The fraction of sp³-hybridized carbons (Fsp3) is 0.333. The zero-order valence-corrected chi connectivity index (χ0v) is 15.6. The van der Waals surface area contributed by atoms with Gasteiger partial charge in [0, 0.05) is 29.1 Å². The van der Waals surface area contributed by atoms with E-state index >= 15 is 0 Å². The highest BCUT2D eigenvalue weighted by molar-refractivity contribution is 6.30. The topological polar surface area (TPSA) is 58.2 Å². The molecule has 0 spiro atoms. The number of rotatable bonds is 5. The summed E-state index contributed by atoms with van der Waals surface area (Å²) >= 11 is 5.94. The Kier molecular flexibility index (Phi) is 6.45. The van der Waals surface area contributed by atoms with Gasteiger partial charge in [-0.2, -0.15) is 0 Å². The van der Waals surface area contributed by atoms with Gasteiger partial charge in [-0.3, -0.25) is 9.59 Å². The molecule has 0 bridgehead atoms. The Labute approximate surface area is 163 Å². The number of hydrogen-bond donors (Lipinski definition) is 2. The monoisotopic (exact) mass is 388 g/mol. The minimum absolute atomic E-state index is 0.00646. The fourth-order valence-corrected chi connectivity index (χ4v) is 3.55. The van der Waals surface area contributed by atoms with Gasteiger partial charge in [0.15, 0.2) is 0 Å². The second-order valence-electron chi connectivity index (χ2n) is 6.89. The van der Waals surface area contributed by atoms with Gasteiger partial charge in [-0.25, -0.2) is 4.39 Å². The van der Waals surface area contributed by atoms with Crippen LogP contribution >= 0.6 is 11.6 Å². The molecule has 27 heavy (non-hydrogen) atoms. The molecule has 0 heterocycles. The van der Waals surface area contributed by atoms with Crippen molar-refractivity contribution < 1.29 is 14.0 Å². The minimum atomic E-state index is -0.292. The fourth-order valence-electron chi connectivity index (χ4n) is 3.36. The standard InChI is InChI=1S/C21H22ClFN2O2/c22-17-2-1-3-19(12-17)25-21(27)16-8-6-15(7-9-16)20(26)24-13-14-4-10-18(23)11-5-14/h1-5,10-12,15-16H,6-9,13H2,(H,24,26)(H,25,27). The zero-order valence-electron chi connectivity index (χ0n) is 14.9. The van der Waals surface area contributed by atoms with E-state index in [1.54, 1.807) is 36.4 Å². The molecule has 0 unspecified atom stereocenters. The smallest absolute Gasteiger partial charge is 0.227 e. The zero-order chi connectivity index (χ0) is 19.2. The third-order valence-electron chi connectivity index (χ3n) is 4.94. The summed E-state index contributed by atoms with van der Waals surface area (Å²) in [4.78, 5) is 24.8. The molecule has 1 fully saturated rings. The maximum Gasteiger partial charge on any atom is 0.227 e. The molecule has 6 heteroatoms. The predicted molar refractivity (Wildman–Crippen MR) is 104 cm³/mol. The average Bonchev–Trinajstić information content (AvgIpc) is 2.67. The van der Waals surface area contributed by atoms with Crippen molar-refractivity contribution >= 4 is 29.1 Å². The first kappa shape index (κ1) is 19.4. The number of amides is 2. The first-order valence-electron chi connectivity index (χ1n) is 9.10. The molecular formula is C21H22ClFN2O2. The van der Waals surface area contributed by atoms with Crippen LogP contribution in [0, 0.1) is 17.7 Å². The Morgan fingerprint density at radius 2 is 1.59 bits per heavy atom. The van der Waals surface area contributed by atoms with Gasteiger partial charge in [0.2, 0.25) is 11.8 Å². The van der Waals surface area contributed by atoms with Crippen LogP contribution in [0.4, 0.5) is 10.1 Å². The molecule has 0 aliphatic heterocycles. The highest BCUT2D eigenvalue weighted by Crippen LogP contribution is 2.30. The molecular weight excluding hydrogens is 367 g/mol. The van der Waals surface area contributed by atoms with E-state index in [4.69, 9.17) is 11.6 Å². The van der Waals surface area contributed by atoms with Crippen LogP contribution in [0.1, 0.15) is 31.2 Å². The summed E-state index contributed by atoms with van der Waals surface area (Å²) in [6.45, 7) is 0.383. The maximum absolute atomic E-state index is 12.9. The summed E-state index contributed by atoms with van der Waals surface area (Å²) in [7, 11) is 0. The molecule has 2 amide bonds. The van der Waals surface area contributed by atoms with E-state index in [2.05, 4.69) is 10.6 Å². The van der Waals surface area contributed by atoms with Crippen LogP contribution < -0.4 is 10.6 Å². The van der Waals surface area contributed by atoms with Gasteiger partial charge >= 0.3 is 0 Å². The molecule has 1 aliphatic rings. The van der Waals surface area contributed by atoms with Crippen LogP contribution in [0.2, 0.25) is 5.02 Å². The van der Waals surface area contributed by atoms with Crippen molar-refractivity contribution in [2.75, 3.05) is 5.32 Å². The van der Waals surface area contributed by atoms with Crippen molar-refractivity contribution in [3.8, 4) is 0 Å². The molecule has 1 saturated carbocycles. The molecule has 1 aliphatic carbocycles. The number of benzene rings is 2. The van der Waals surface area contributed by atoms with Crippen LogP contribution in [-0.2, 0) is 16.1 Å². The summed E-state index contributed by atoms with van der Waals surface area (Å²) < 4.78 is 12.9. The largest absolute Gasteiger partial charge is 0.352 e. The summed E-state index contributed by atoms with van der Waals surface area (Å²) in [5, 5.41) is 6.37. The van der Waals surface area contributed by atoms with E-state index in [-0.39, 0.29) is 29.5 Å². The molecule has 0 aromatic heterocycles. The Bertz CT molecular complexity index is 802. The lowest BCUT2D eigenvalue weighted by Crippen LogP contribution is -2.35. The van der Waals surface area contributed by atoms with Gasteiger partial charge in [0.05, 0.1) is 0 Å². The molecule has 2 N–H and O–H groups in total. The average molecular weight is 389 g/mol. The number of nitrogens with one attached hydrogen (secondary N) is 2. The number of hydrogen-bond acceptors (Lipinski definition) is 2. The third kappa shape index (κ3) is 5.54. The normalized spacial score (nSPS) is 19.3. The van der Waals surface area contributed by atoms with E-state index in [0.717, 1.165) is 5.56 Å². The lowest BCUT2D eigenvalue weighted by molar-refractivity contribution is -0.128. The Morgan fingerprint density at radius 1 is 0.963 bits per heavy atom. The summed E-state index contributed by atoms with van der Waals surface area (Å²) in [5.74, 6) is -0.499. The summed E-state index contributed by atoms with van der Waals surface area (Å²) in [6, 6.07) is 13.1. The van der Waals surface area contributed by atoms with Gasteiger partial charge < -0.3 is 10.6 Å². The van der Waals surface area contributed by atoms with Crippen LogP contribution in [0.15, 0.2) is 48.5 Å². The van der Waals surface area contributed by atoms with Gasteiger partial charge in [0.1, 0.15) is 5.82 Å². The van der Waals surface area contributed by atoms with Crippen molar-refractivity contribution in [3.05, 3.63) is 64.9 Å². The Hall–Kier alpha value is -2.40. The van der Waals surface area contributed by atoms with Crippen molar-refractivity contribution in [2.24, 2.45) is 11.8 Å². The first-order chi connectivity index (χ1) is 13.0. The van der Waals surface area contributed by atoms with Crippen molar-refractivity contribution in [1.29, 1.82) is 0 Å². The first-order valence-corrected chi connectivity index (χ1v) is 9.47. The van der Waals surface area contributed by atoms with Crippen molar-refractivity contribution in [1.82, 2.24) is 5.32 Å². The van der Waals surface area contributed by atoms with E-state index in [9.17, 15) is 14.0 Å². The van der Waals surface area contributed by atoms with Gasteiger partial charge in [-0.1, -0.05) is 29.8 Å². The van der Waals surface area contributed by atoms with Gasteiger partial charge in [0.25, 0.3) is 0 Å². The molecule has 3 rings (SSSR count). The second-order valence-corrected chi connectivity index (χ2v) is 7.33. The second kappa shape index (κ2) is 9.00. The quantitative estimate of drug-likeness (QED) is 0.790. The molecule has 0 atom stereocenters. The SMILES string of the molecule is O=C(NCc1ccc(F)cc1)C1CCC(C(=O)Nc2cccc(Cl)c2)CC1. The molecule has 0 radical (unpaired) electrons. The Morgan fingerprint density at radius 3 is 2.22 bits per heavy atom. The Balaban J connectivity index is 1.44. The van der Waals surface area contributed by atoms with Crippen LogP contribution in [0.3, 0.4) is 0 Å². The van der Waals surface area contributed by atoms with Crippen LogP contribution in [0.25, 0.3) is 0 Å². The van der Waals surface area contributed by atoms with Gasteiger partial charge in [-0.05, 0) is 61.6 Å². The van der Waals surface area contributed by atoms with Gasteiger partial charge in [-0.15, -0.1) is 0 Å². The van der Waals surface area contributed by atoms with E-state index in [0.29, 0.717) is 42.9 Å². The number of carbonyl (C=O) groups is 2. The van der Waals surface area contributed by atoms with E-state index < -0.39 is 0 Å². The van der Waals surface area contributed by atoms with E-state index in [1.165, 1.54) is 12.1 Å². The summed E-state index contributed by atoms with van der Waals surface area (Å²) in [5.41, 5.74) is 1.55. The predicted octanol–water partition coefficient (Wildman–Crippen LogP) is 4.54. The molecule has 4 nitrogen and oxygen atoms in total. The molecule has 142 valence electrons. The highest BCUT2D eigenvalue weighted by atomic mass is 35.5. The third-order valence-corrected chi connectivity index (χ3v) is 5.18. The minimum Gasteiger partial charge on any atom is -0.352 e. The maximum atomic E-state index is 12.9. The van der Waals surface area contributed by atoms with Crippen molar-refractivity contribution in [3.63, 3.8) is 0 Å². The molecule has 2 aromatic carbocycles.